The lowest BCUT2D eigenvalue weighted by Gasteiger charge is -2.10. The van der Waals surface area contributed by atoms with Crippen LogP contribution in [0.25, 0.3) is 11.1 Å². The molecule has 1 amide bonds. The van der Waals surface area contributed by atoms with Crippen molar-refractivity contribution in [2.45, 2.75) is 12.7 Å². The minimum absolute atomic E-state index is 0.00401. The number of hydrogen-bond donors (Lipinski definition) is 1. The first-order valence-electron chi connectivity index (χ1n) is 6.90. The number of aromatic nitrogens is 1. The van der Waals surface area contributed by atoms with E-state index in [1.165, 1.54) is 12.1 Å². The van der Waals surface area contributed by atoms with Gasteiger partial charge in [-0.2, -0.15) is 13.2 Å². The molecule has 0 spiro atoms. The smallest absolute Gasteiger partial charge is 0.408 e. The Bertz CT molecular complexity index is 957. The average Bonchev–Trinajstić information content (AvgIpc) is 2.83. The van der Waals surface area contributed by atoms with Crippen LogP contribution < -0.4 is 11.1 Å². The van der Waals surface area contributed by atoms with Gasteiger partial charge in [0.15, 0.2) is 5.58 Å². The number of nitrogens with zero attached hydrogens (tertiary/aromatic N) is 1. The van der Waals surface area contributed by atoms with E-state index in [-0.39, 0.29) is 12.2 Å². The monoisotopic (exact) mass is 336 g/mol. The van der Waals surface area contributed by atoms with E-state index in [2.05, 4.69) is 5.32 Å². The molecule has 0 saturated carbocycles. The number of benzene rings is 2. The van der Waals surface area contributed by atoms with Crippen LogP contribution in [0.2, 0.25) is 0 Å². The van der Waals surface area contributed by atoms with Gasteiger partial charge in [-0.3, -0.25) is 9.36 Å². The quantitative estimate of drug-likeness (QED) is 0.798. The Kier molecular flexibility index (Phi) is 3.88. The third kappa shape index (κ3) is 3.17. The van der Waals surface area contributed by atoms with Crippen molar-refractivity contribution in [3.63, 3.8) is 0 Å². The topological polar surface area (TPSA) is 64.2 Å². The van der Waals surface area contributed by atoms with Gasteiger partial charge in [-0.25, -0.2) is 4.79 Å². The molecule has 0 fully saturated rings. The van der Waals surface area contributed by atoms with Gasteiger partial charge in [0.05, 0.1) is 11.1 Å². The Morgan fingerprint density at radius 2 is 1.88 bits per heavy atom. The number of nitrogens with one attached hydrogen (secondary N) is 1. The zero-order valence-electron chi connectivity index (χ0n) is 12.1. The summed E-state index contributed by atoms with van der Waals surface area (Å²) in [5, 5.41) is 2.34. The number of halogens is 3. The molecule has 0 bridgehead atoms. The SMILES string of the molecule is O=C(Cn1c(=O)oc2ccccc21)Nc1cccc(C(F)(F)F)c1. The number of carbonyl (C=O) groups excluding carboxylic acids is 1. The summed E-state index contributed by atoms with van der Waals surface area (Å²) in [6.07, 6.45) is -4.50. The van der Waals surface area contributed by atoms with E-state index in [1.54, 1.807) is 24.3 Å². The first-order valence-corrected chi connectivity index (χ1v) is 6.90. The van der Waals surface area contributed by atoms with Crippen LogP contribution in [0, 0.1) is 0 Å². The van der Waals surface area contributed by atoms with Gasteiger partial charge in [0, 0.05) is 5.69 Å². The standard InChI is InChI=1S/C16H11F3N2O3/c17-16(18,19)10-4-3-5-11(8-10)20-14(22)9-21-12-6-1-2-7-13(12)24-15(21)23/h1-8H,9H2,(H,20,22). The molecule has 0 unspecified atom stereocenters. The zero-order valence-corrected chi connectivity index (χ0v) is 12.1. The van der Waals surface area contributed by atoms with Crippen LogP contribution in [0.1, 0.15) is 5.56 Å². The van der Waals surface area contributed by atoms with E-state index in [1.807, 2.05) is 0 Å². The second kappa shape index (κ2) is 5.88. The summed E-state index contributed by atoms with van der Waals surface area (Å²) < 4.78 is 44.1. The molecule has 0 radical (unpaired) electrons. The van der Waals surface area contributed by atoms with Gasteiger partial charge in [-0.1, -0.05) is 18.2 Å². The predicted molar refractivity (Wildman–Crippen MR) is 80.5 cm³/mol. The van der Waals surface area contributed by atoms with E-state index in [0.29, 0.717) is 11.1 Å². The number of hydrogen-bond acceptors (Lipinski definition) is 3. The summed E-state index contributed by atoms with van der Waals surface area (Å²) in [6, 6.07) is 10.8. The fourth-order valence-corrected chi connectivity index (χ4v) is 2.28. The van der Waals surface area contributed by atoms with Crippen LogP contribution in [-0.4, -0.2) is 10.5 Å². The highest BCUT2D eigenvalue weighted by molar-refractivity contribution is 5.91. The molecule has 1 heterocycles. The highest BCUT2D eigenvalue weighted by Crippen LogP contribution is 2.30. The molecule has 0 atom stereocenters. The first kappa shape index (κ1) is 15.9. The molecule has 1 N–H and O–H groups in total. The molecule has 8 heteroatoms. The van der Waals surface area contributed by atoms with Crippen molar-refractivity contribution >= 4 is 22.7 Å². The van der Waals surface area contributed by atoms with Gasteiger partial charge < -0.3 is 9.73 Å². The van der Waals surface area contributed by atoms with Gasteiger partial charge in [0.1, 0.15) is 6.54 Å². The molecule has 124 valence electrons. The van der Waals surface area contributed by atoms with Crippen molar-refractivity contribution < 1.29 is 22.4 Å². The minimum Gasteiger partial charge on any atom is -0.408 e. The summed E-state index contributed by atoms with van der Waals surface area (Å²) >= 11 is 0. The van der Waals surface area contributed by atoms with E-state index in [4.69, 9.17) is 4.42 Å². The molecule has 1 aromatic heterocycles. The van der Waals surface area contributed by atoms with Gasteiger partial charge in [-0.15, -0.1) is 0 Å². The molecule has 3 rings (SSSR count). The van der Waals surface area contributed by atoms with Crippen LogP contribution >= 0.6 is 0 Å². The van der Waals surface area contributed by atoms with E-state index in [9.17, 15) is 22.8 Å². The molecule has 0 saturated heterocycles. The van der Waals surface area contributed by atoms with Crippen molar-refractivity contribution in [3.05, 3.63) is 64.6 Å². The average molecular weight is 336 g/mol. The van der Waals surface area contributed by atoms with Crippen LogP contribution in [-0.2, 0) is 17.5 Å². The van der Waals surface area contributed by atoms with Crippen molar-refractivity contribution in [1.82, 2.24) is 4.57 Å². The van der Waals surface area contributed by atoms with Crippen molar-refractivity contribution in [1.29, 1.82) is 0 Å². The maximum atomic E-state index is 12.7. The van der Waals surface area contributed by atoms with Crippen molar-refractivity contribution in [3.8, 4) is 0 Å². The van der Waals surface area contributed by atoms with E-state index < -0.39 is 23.4 Å². The third-order valence-electron chi connectivity index (χ3n) is 3.35. The highest BCUT2D eigenvalue weighted by atomic mass is 19.4. The van der Waals surface area contributed by atoms with Crippen LogP contribution in [0.4, 0.5) is 18.9 Å². The molecule has 24 heavy (non-hydrogen) atoms. The molecule has 0 aliphatic heterocycles. The normalized spacial score (nSPS) is 11.6. The molecule has 5 nitrogen and oxygen atoms in total. The summed E-state index contributed by atoms with van der Waals surface area (Å²) in [4.78, 5) is 23.8. The fraction of sp³-hybridized carbons (Fsp3) is 0.125. The van der Waals surface area contributed by atoms with Crippen LogP contribution in [0.5, 0.6) is 0 Å². The van der Waals surface area contributed by atoms with Gasteiger partial charge in [0.2, 0.25) is 5.91 Å². The first-order chi connectivity index (χ1) is 11.3. The Balaban J connectivity index is 1.81. The maximum Gasteiger partial charge on any atom is 0.420 e. The molecule has 0 aliphatic carbocycles. The Morgan fingerprint density at radius 3 is 2.62 bits per heavy atom. The molecule has 2 aromatic carbocycles. The Hall–Kier alpha value is -3.03. The number of anilines is 1. The lowest BCUT2D eigenvalue weighted by atomic mass is 10.2. The summed E-state index contributed by atoms with van der Waals surface area (Å²) in [5.74, 6) is -1.35. The van der Waals surface area contributed by atoms with Gasteiger partial charge in [-0.05, 0) is 30.3 Å². The Labute approximate surface area is 133 Å². The third-order valence-corrected chi connectivity index (χ3v) is 3.35. The number of para-hydroxylation sites is 2. The summed E-state index contributed by atoms with van der Waals surface area (Å²) in [5.41, 5.74) is -0.113. The molecule has 3 aromatic rings. The molecular weight excluding hydrogens is 325 g/mol. The summed E-state index contributed by atoms with van der Waals surface area (Å²) in [6.45, 7) is -0.369. The number of carbonyl (C=O) groups is 1. The largest absolute Gasteiger partial charge is 0.420 e. The number of oxazole rings is 1. The molecule has 0 aliphatic rings. The van der Waals surface area contributed by atoms with Gasteiger partial charge in [0.25, 0.3) is 0 Å². The Morgan fingerprint density at radius 1 is 1.12 bits per heavy atom. The highest BCUT2D eigenvalue weighted by Gasteiger charge is 2.30. The maximum absolute atomic E-state index is 12.7. The lowest BCUT2D eigenvalue weighted by Crippen LogP contribution is -2.24. The van der Waals surface area contributed by atoms with E-state index in [0.717, 1.165) is 16.7 Å². The molecular formula is C16H11F3N2O3. The second-order valence-electron chi connectivity index (χ2n) is 5.05. The van der Waals surface area contributed by atoms with Crippen molar-refractivity contribution in [2.75, 3.05) is 5.32 Å². The second-order valence-corrected chi connectivity index (χ2v) is 5.05. The number of amides is 1. The van der Waals surface area contributed by atoms with Gasteiger partial charge >= 0.3 is 11.9 Å². The number of alkyl halides is 3. The number of rotatable bonds is 3. The summed E-state index contributed by atoms with van der Waals surface area (Å²) in [7, 11) is 0. The number of fused-ring (bicyclic) bond motifs is 1. The van der Waals surface area contributed by atoms with Crippen LogP contribution in [0.3, 0.4) is 0 Å². The minimum atomic E-state index is -4.50. The van der Waals surface area contributed by atoms with E-state index >= 15 is 0 Å². The zero-order chi connectivity index (χ0) is 17.3. The lowest BCUT2D eigenvalue weighted by molar-refractivity contribution is -0.137. The van der Waals surface area contributed by atoms with Crippen LogP contribution in [0.15, 0.2) is 57.7 Å². The van der Waals surface area contributed by atoms with Crippen molar-refractivity contribution in [2.24, 2.45) is 0 Å². The predicted octanol–water partition coefficient (Wildman–Crippen LogP) is 3.25. The fourth-order valence-electron chi connectivity index (χ4n) is 2.28.